The van der Waals surface area contributed by atoms with Gasteiger partial charge < -0.3 is 14.6 Å². The summed E-state index contributed by atoms with van der Waals surface area (Å²) in [6.45, 7) is 4.38. The van der Waals surface area contributed by atoms with Crippen LogP contribution in [0.2, 0.25) is 0 Å². The van der Waals surface area contributed by atoms with Crippen LogP contribution >= 0.6 is 11.3 Å². The van der Waals surface area contributed by atoms with Crippen LogP contribution in [-0.4, -0.2) is 50.2 Å². The van der Waals surface area contributed by atoms with Gasteiger partial charge in [0.15, 0.2) is 22.3 Å². The van der Waals surface area contributed by atoms with E-state index in [1.54, 1.807) is 28.4 Å². The highest BCUT2D eigenvalue weighted by Crippen LogP contribution is 2.28. The molecule has 0 bridgehead atoms. The Morgan fingerprint density at radius 1 is 1.21 bits per heavy atom. The number of thiazole rings is 1. The zero-order valence-electron chi connectivity index (χ0n) is 18.9. The summed E-state index contributed by atoms with van der Waals surface area (Å²) < 4.78 is 20.9. The van der Waals surface area contributed by atoms with Crippen LogP contribution in [0.1, 0.15) is 51.8 Å². The predicted molar refractivity (Wildman–Crippen MR) is 125 cm³/mol. The first-order valence-corrected chi connectivity index (χ1v) is 12.0. The van der Waals surface area contributed by atoms with Gasteiger partial charge in [-0.05, 0) is 50.5 Å². The molecule has 0 aliphatic carbocycles. The predicted octanol–water partition coefficient (Wildman–Crippen LogP) is 4.23. The van der Waals surface area contributed by atoms with E-state index in [-0.39, 0.29) is 29.4 Å². The van der Waals surface area contributed by atoms with Crippen molar-refractivity contribution in [3.05, 3.63) is 64.6 Å². The van der Waals surface area contributed by atoms with Crippen molar-refractivity contribution in [3.63, 3.8) is 0 Å². The lowest BCUT2D eigenvalue weighted by molar-refractivity contribution is 0.0597. The van der Waals surface area contributed by atoms with Crippen LogP contribution in [0.15, 0.2) is 40.3 Å². The van der Waals surface area contributed by atoms with Gasteiger partial charge in [0.1, 0.15) is 11.5 Å². The van der Waals surface area contributed by atoms with Gasteiger partial charge >= 0.3 is 0 Å². The average Bonchev–Trinajstić information content (AvgIpc) is 3.52. The molecule has 1 aromatic carbocycles. The number of carbonyl (C=O) groups is 2. The molecule has 10 heteroatoms. The Balaban J connectivity index is 1.36. The lowest BCUT2D eigenvalue weighted by Crippen LogP contribution is -2.49. The maximum Gasteiger partial charge on any atom is 0.276 e. The minimum atomic E-state index is -0.368. The number of nitrogens with zero attached hydrogens (tertiary/aromatic N) is 4. The second kappa shape index (κ2) is 9.02. The lowest BCUT2D eigenvalue weighted by atomic mass is 10.0. The number of rotatable bonds is 5. The maximum absolute atomic E-state index is 13.6. The van der Waals surface area contributed by atoms with Crippen molar-refractivity contribution in [2.24, 2.45) is 0 Å². The summed E-state index contributed by atoms with van der Waals surface area (Å²) in [5, 5.41) is 4.88. The van der Waals surface area contributed by atoms with Crippen molar-refractivity contribution >= 4 is 28.1 Å². The third-order valence-corrected chi connectivity index (χ3v) is 6.84. The molecular weight excluding hydrogens is 457 g/mol. The van der Waals surface area contributed by atoms with Gasteiger partial charge in [0.25, 0.3) is 11.8 Å². The fourth-order valence-corrected chi connectivity index (χ4v) is 5.21. The van der Waals surface area contributed by atoms with E-state index >= 15 is 0 Å². The molecule has 0 radical (unpaired) electrons. The molecule has 1 aliphatic heterocycles. The van der Waals surface area contributed by atoms with Crippen molar-refractivity contribution in [3.8, 4) is 11.3 Å². The first-order valence-electron chi connectivity index (χ1n) is 11.2. The summed E-state index contributed by atoms with van der Waals surface area (Å²) in [7, 11) is 0. The van der Waals surface area contributed by atoms with E-state index in [1.807, 2.05) is 18.5 Å². The van der Waals surface area contributed by atoms with E-state index in [1.165, 1.54) is 23.5 Å². The zero-order valence-corrected chi connectivity index (χ0v) is 19.7. The number of aromatic nitrogens is 3. The number of oxazole rings is 1. The number of aryl methyl sites for hydroxylation is 2. The SMILES string of the molecule is Cc1nc(C(=O)N2CCCC[C@H]2CNC(=O)c2c(C)nc3sccn23)c(-c2ccc(F)cc2)o1. The number of nitrogens with one attached hydrogen (secondary N) is 1. The summed E-state index contributed by atoms with van der Waals surface area (Å²) in [6.07, 6.45) is 4.44. The maximum atomic E-state index is 13.6. The second-order valence-corrected chi connectivity index (χ2v) is 9.25. The zero-order chi connectivity index (χ0) is 23.8. The Morgan fingerprint density at radius 2 is 2.00 bits per heavy atom. The van der Waals surface area contributed by atoms with Crippen LogP contribution in [0.3, 0.4) is 0 Å². The highest BCUT2D eigenvalue weighted by atomic mass is 32.1. The molecule has 8 nitrogen and oxygen atoms in total. The second-order valence-electron chi connectivity index (χ2n) is 8.38. The number of hydrogen-bond donors (Lipinski definition) is 1. The topological polar surface area (TPSA) is 92.7 Å². The highest BCUT2D eigenvalue weighted by Gasteiger charge is 2.32. The largest absolute Gasteiger partial charge is 0.440 e. The molecule has 34 heavy (non-hydrogen) atoms. The van der Waals surface area contributed by atoms with E-state index in [0.29, 0.717) is 41.7 Å². The molecule has 0 saturated carbocycles. The molecule has 1 saturated heterocycles. The van der Waals surface area contributed by atoms with Crippen molar-refractivity contribution < 1.29 is 18.4 Å². The number of halogens is 1. The van der Waals surface area contributed by atoms with Crippen LogP contribution in [-0.2, 0) is 0 Å². The Kier molecular flexibility index (Phi) is 5.91. The number of benzene rings is 1. The number of fused-ring (bicyclic) bond motifs is 1. The summed E-state index contributed by atoms with van der Waals surface area (Å²) >= 11 is 1.47. The Morgan fingerprint density at radius 3 is 2.79 bits per heavy atom. The number of imidazole rings is 1. The fraction of sp³-hybridized carbons (Fsp3) is 0.333. The minimum Gasteiger partial charge on any atom is -0.440 e. The summed E-state index contributed by atoms with van der Waals surface area (Å²) in [5.41, 5.74) is 1.97. The normalized spacial score (nSPS) is 16.2. The van der Waals surface area contributed by atoms with E-state index in [0.717, 1.165) is 24.2 Å². The van der Waals surface area contributed by atoms with E-state index in [4.69, 9.17) is 4.42 Å². The molecule has 1 N–H and O–H groups in total. The number of piperidine rings is 1. The molecule has 2 amide bonds. The molecule has 1 aliphatic rings. The molecule has 1 atom stereocenters. The molecular formula is C24H24FN5O3S. The van der Waals surface area contributed by atoms with Gasteiger partial charge in [-0.15, -0.1) is 11.3 Å². The molecule has 0 spiro atoms. The van der Waals surface area contributed by atoms with Crippen LogP contribution < -0.4 is 5.32 Å². The lowest BCUT2D eigenvalue weighted by Gasteiger charge is -2.35. The fourth-order valence-electron chi connectivity index (χ4n) is 4.45. The van der Waals surface area contributed by atoms with Gasteiger partial charge in [0, 0.05) is 43.2 Å². The molecule has 3 aromatic heterocycles. The van der Waals surface area contributed by atoms with E-state index in [2.05, 4.69) is 15.3 Å². The van der Waals surface area contributed by atoms with E-state index < -0.39 is 0 Å². The van der Waals surface area contributed by atoms with Crippen LogP contribution in [0, 0.1) is 19.7 Å². The third kappa shape index (κ3) is 4.09. The van der Waals surface area contributed by atoms with Crippen LogP contribution in [0.5, 0.6) is 0 Å². The quantitative estimate of drug-likeness (QED) is 0.461. The first kappa shape index (κ1) is 22.3. The van der Waals surface area contributed by atoms with Crippen molar-refractivity contribution in [2.45, 2.75) is 39.2 Å². The van der Waals surface area contributed by atoms with Crippen LogP contribution in [0.25, 0.3) is 16.3 Å². The first-order chi connectivity index (χ1) is 16.4. The standard InChI is InChI=1S/C24H24FN5O3S/c1-14-20(30-11-12-34-24(30)27-14)22(31)26-13-18-5-3-4-10-29(18)23(32)19-21(33-15(2)28-19)16-6-8-17(25)9-7-16/h6-9,11-12,18H,3-5,10,13H2,1-2H3,(H,26,31)/t18-/m0/s1. The molecule has 176 valence electrons. The van der Waals surface area contributed by atoms with Crippen LogP contribution in [0.4, 0.5) is 4.39 Å². The van der Waals surface area contributed by atoms with Gasteiger partial charge in [-0.25, -0.2) is 14.4 Å². The highest BCUT2D eigenvalue weighted by molar-refractivity contribution is 7.15. The van der Waals surface area contributed by atoms with Gasteiger partial charge in [-0.1, -0.05) is 0 Å². The number of likely N-dealkylation sites (tertiary alicyclic amines) is 1. The molecule has 0 unspecified atom stereocenters. The van der Waals surface area contributed by atoms with Crippen molar-refractivity contribution in [1.82, 2.24) is 24.6 Å². The Bertz CT molecular complexity index is 1360. The van der Waals surface area contributed by atoms with Gasteiger partial charge in [0.2, 0.25) is 0 Å². The average molecular weight is 482 g/mol. The Labute approximate surface area is 199 Å². The summed E-state index contributed by atoms with van der Waals surface area (Å²) in [6, 6.07) is 5.61. The summed E-state index contributed by atoms with van der Waals surface area (Å²) in [5.74, 6) is -0.152. The van der Waals surface area contributed by atoms with Gasteiger partial charge in [-0.2, -0.15) is 0 Å². The smallest absolute Gasteiger partial charge is 0.276 e. The molecule has 4 aromatic rings. The number of amides is 2. The molecule has 4 heterocycles. The molecule has 5 rings (SSSR count). The summed E-state index contributed by atoms with van der Waals surface area (Å²) in [4.78, 5) is 37.8. The molecule has 1 fully saturated rings. The van der Waals surface area contributed by atoms with Crippen molar-refractivity contribution in [2.75, 3.05) is 13.1 Å². The Hall–Kier alpha value is -3.53. The number of carbonyl (C=O) groups excluding carboxylic acids is 2. The monoisotopic (exact) mass is 481 g/mol. The van der Waals surface area contributed by atoms with Gasteiger partial charge in [-0.3, -0.25) is 14.0 Å². The van der Waals surface area contributed by atoms with E-state index in [9.17, 15) is 14.0 Å². The number of hydrogen-bond acceptors (Lipinski definition) is 6. The minimum absolute atomic E-state index is 0.172. The van der Waals surface area contributed by atoms with Crippen molar-refractivity contribution in [1.29, 1.82) is 0 Å². The van der Waals surface area contributed by atoms with Gasteiger partial charge in [0.05, 0.1) is 5.69 Å². The third-order valence-electron chi connectivity index (χ3n) is 6.08.